The molecule has 0 radical (unpaired) electrons. The molecular weight excluding hydrogens is 123 g/mol. The Morgan fingerprint density at radius 2 is 2.62 bits per heavy atom. The van der Waals surface area contributed by atoms with E-state index in [1.807, 2.05) is 6.92 Å². The molecule has 1 atom stereocenters. The fourth-order valence-electron chi connectivity index (χ4n) is 0.188. The minimum atomic E-state index is 0.541. The number of hydrogen-bond acceptors (Lipinski definition) is 2. The fraction of sp³-hybridized carbons (Fsp3) is 0.500. The van der Waals surface area contributed by atoms with Crippen LogP contribution >= 0.6 is 9.24 Å². The van der Waals surface area contributed by atoms with Crippen LogP contribution in [0.15, 0.2) is 5.10 Å². The summed E-state index contributed by atoms with van der Waals surface area (Å²) in [5.41, 5.74) is 3.03. The van der Waals surface area contributed by atoms with Crippen molar-refractivity contribution in [1.82, 2.24) is 5.43 Å². The summed E-state index contributed by atoms with van der Waals surface area (Å²) in [5.74, 6) is 0. The first-order valence-corrected chi connectivity index (χ1v) is 2.90. The molecule has 0 rings (SSSR count). The predicted octanol–water partition coefficient (Wildman–Crippen LogP) is 0.331. The number of rotatable bonds is 3. The van der Waals surface area contributed by atoms with Gasteiger partial charge in [-0.25, -0.2) is 5.43 Å². The monoisotopic (exact) mass is 132 g/mol. The molecule has 0 fully saturated rings. The van der Waals surface area contributed by atoms with E-state index < -0.39 is 0 Å². The van der Waals surface area contributed by atoms with Crippen molar-refractivity contribution >= 4 is 21.1 Å². The molecule has 3 nitrogen and oxygen atoms in total. The van der Waals surface area contributed by atoms with Gasteiger partial charge in [-0.15, -0.1) is 0 Å². The SMILES string of the molecule is CC/C(P)=N/NC=O. The highest BCUT2D eigenvalue weighted by atomic mass is 31.0. The first-order valence-electron chi connectivity index (χ1n) is 2.32. The largest absolute Gasteiger partial charge is 0.277 e. The van der Waals surface area contributed by atoms with Gasteiger partial charge in [0.15, 0.2) is 0 Å². The lowest BCUT2D eigenvalue weighted by molar-refractivity contribution is -0.109. The summed E-state index contributed by atoms with van der Waals surface area (Å²) in [6, 6.07) is 0. The van der Waals surface area contributed by atoms with Crippen LogP contribution < -0.4 is 5.43 Å². The van der Waals surface area contributed by atoms with Crippen LogP contribution in [0.3, 0.4) is 0 Å². The molecule has 0 aromatic heterocycles. The maximum atomic E-state index is 9.60. The molecule has 1 N–H and O–H groups in total. The summed E-state index contributed by atoms with van der Waals surface area (Å²) in [6.45, 7) is 1.96. The Bertz CT molecular complexity index is 102. The molecule has 1 unspecified atom stereocenters. The third-order valence-corrected chi connectivity index (χ3v) is 1.16. The van der Waals surface area contributed by atoms with E-state index in [1.54, 1.807) is 0 Å². The Kier molecular flexibility index (Phi) is 4.47. The summed E-state index contributed by atoms with van der Waals surface area (Å²) < 4.78 is 0. The minimum Gasteiger partial charge on any atom is -0.277 e. The van der Waals surface area contributed by atoms with Gasteiger partial charge in [0.25, 0.3) is 0 Å². The van der Waals surface area contributed by atoms with Gasteiger partial charge < -0.3 is 0 Å². The van der Waals surface area contributed by atoms with E-state index in [9.17, 15) is 4.79 Å². The zero-order valence-corrected chi connectivity index (χ0v) is 5.87. The Balaban J connectivity index is 3.40. The Labute approximate surface area is 50.7 Å². The second-order valence-corrected chi connectivity index (χ2v) is 1.87. The van der Waals surface area contributed by atoms with Gasteiger partial charge in [-0.05, 0) is 6.42 Å². The Morgan fingerprint density at radius 1 is 2.00 bits per heavy atom. The number of nitrogens with one attached hydrogen (secondary N) is 1. The Hall–Kier alpha value is -0.430. The van der Waals surface area contributed by atoms with Crippen LogP contribution in [-0.4, -0.2) is 11.9 Å². The van der Waals surface area contributed by atoms with E-state index in [4.69, 9.17) is 0 Å². The van der Waals surface area contributed by atoms with Crippen molar-refractivity contribution in [3.05, 3.63) is 0 Å². The van der Waals surface area contributed by atoms with Gasteiger partial charge in [-0.1, -0.05) is 16.2 Å². The van der Waals surface area contributed by atoms with Crippen LogP contribution in [0.1, 0.15) is 13.3 Å². The van der Waals surface area contributed by atoms with E-state index in [2.05, 4.69) is 19.8 Å². The molecule has 0 aliphatic heterocycles. The molecular formula is C4H9N2OP. The van der Waals surface area contributed by atoms with Crippen LogP contribution in [0.2, 0.25) is 0 Å². The molecule has 46 valence electrons. The normalized spacial score (nSPS) is 11.0. The standard InChI is InChI=1S/C4H9N2OP/c1-2-4(8)6-5-3-7/h3H,2,8H2,1H3,(H,5,7)/b6-4-. The summed E-state index contributed by atoms with van der Waals surface area (Å²) in [6.07, 6.45) is 1.38. The summed E-state index contributed by atoms with van der Waals surface area (Å²) in [7, 11) is 2.41. The van der Waals surface area contributed by atoms with Crippen LogP contribution in [0.25, 0.3) is 0 Å². The molecule has 0 bridgehead atoms. The lowest BCUT2D eigenvalue weighted by Crippen LogP contribution is -2.02. The van der Waals surface area contributed by atoms with Gasteiger partial charge in [0.1, 0.15) is 0 Å². The molecule has 0 aromatic carbocycles. The fourth-order valence-corrected chi connectivity index (χ4v) is 0.263. The number of carbonyl (C=O) groups excluding carboxylic acids is 1. The van der Waals surface area contributed by atoms with E-state index in [1.165, 1.54) is 0 Å². The molecule has 0 aliphatic carbocycles. The van der Waals surface area contributed by atoms with Crippen LogP contribution in [0, 0.1) is 0 Å². The molecule has 1 amide bonds. The van der Waals surface area contributed by atoms with E-state index in [0.29, 0.717) is 6.41 Å². The molecule has 0 heterocycles. The molecule has 0 spiro atoms. The van der Waals surface area contributed by atoms with Gasteiger partial charge in [0, 0.05) is 0 Å². The molecule has 8 heavy (non-hydrogen) atoms. The number of nitrogens with zero attached hydrogens (tertiary/aromatic N) is 1. The molecule has 0 aromatic rings. The van der Waals surface area contributed by atoms with Crippen molar-refractivity contribution in [3.8, 4) is 0 Å². The van der Waals surface area contributed by atoms with E-state index in [0.717, 1.165) is 11.9 Å². The molecule has 0 aliphatic rings. The number of amides is 1. The third-order valence-electron chi connectivity index (χ3n) is 0.623. The van der Waals surface area contributed by atoms with Crippen molar-refractivity contribution in [2.24, 2.45) is 5.10 Å². The van der Waals surface area contributed by atoms with Crippen molar-refractivity contribution in [3.63, 3.8) is 0 Å². The summed E-state index contributed by atoms with van der Waals surface area (Å²) in [5, 5.41) is 3.62. The van der Waals surface area contributed by atoms with Crippen molar-refractivity contribution in [2.45, 2.75) is 13.3 Å². The van der Waals surface area contributed by atoms with Crippen molar-refractivity contribution in [2.75, 3.05) is 0 Å². The van der Waals surface area contributed by atoms with Crippen molar-refractivity contribution in [1.29, 1.82) is 0 Å². The van der Waals surface area contributed by atoms with Gasteiger partial charge in [0.05, 0.1) is 5.45 Å². The van der Waals surface area contributed by atoms with Gasteiger partial charge in [0.2, 0.25) is 6.41 Å². The number of hydrazone groups is 1. The second kappa shape index (κ2) is 4.72. The predicted molar refractivity (Wildman–Crippen MR) is 36.6 cm³/mol. The molecule has 4 heteroatoms. The lowest BCUT2D eigenvalue weighted by atomic mass is 10.5. The minimum absolute atomic E-state index is 0.541. The average molecular weight is 132 g/mol. The maximum absolute atomic E-state index is 9.60. The van der Waals surface area contributed by atoms with Crippen molar-refractivity contribution < 1.29 is 4.79 Å². The summed E-state index contributed by atoms with van der Waals surface area (Å²) in [4.78, 5) is 9.60. The van der Waals surface area contributed by atoms with E-state index in [-0.39, 0.29) is 0 Å². The quantitative estimate of drug-likeness (QED) is 0.255. The van der Waals surface area contributed by atoms with Gasteiger partial charge in [-0.3, -0.25) is 4.79 Å². The van der Waals surface area contributed by atoms with E-state index >= 15 is 0 Å². The third kappa shape index (κ3) is 3.75. The van der Waals surface area contributed by atoms with Crippen LogP contribution in [0.5, 0.6) is 0 Å². The zero-order chi connectivity index (χ0) is 6.41. The summed E-state index contributed by atoms with van der Waals surface area (Å²) >= 11 is 0. The van der Waals surface area contributed by atoms with Gasteiger partial charge >= 0.3 is 0 Å². The number of hydrogen-bond donors (Lipinski definition) is 1. The highest BCUT2D eigenvalue weighted by Gasteiger charge is 1.80. The average Bonchev–Trinajstić information content (AvgIpc) is 1.83. The zero-order valence-electron chi connectivity index (χ0n) is 4.72. The topological polar surface area (TPSA) is 41.5 Å². The first kappa shape index (κ1) is 7.57. The molecule has 0 saturated heterocycles. The lowest BCUT2D eigenvalue weighted by Gasteiger charge is -1.89. The van der Waals surface area contributed by atoms with Crippen LogP contribution in [-0.2, 0) is 4.79 Å². The first-order chi connectivity index (χ1) is 3.81. The second-order valence-electron chi connectivity index (χ2n) is 1.20. The Morgan fingerprint density at radius 3 is 3.00 bits per heavy atom. The highest BCUT2D eigenvalue weighted by molar-refractivity contribution is 7.40. The highest BCUT2D eigenvalue weighted by Crippen LogP contribution is 1.91. The number of carbonyl (C=O) groups is 1. The smallest absolute Gasteiger partial charge is 0.227 e. The molecule has 0 saturated carbocycles. The van der Waals surface area contributed by atoms with Gasteiger partial charge in [-0.2, -0.15) is 5.10 Å². The van der Waals surface area contributed by atoms with Crippen LogP contribution in [0.4, 0.5) is 0 Å². The maximum Gasteiger partial charge on any atom is 0.227 e.